The second-order valence-electron chi connectivity index (χ2n) is 5.61. The first-order chi connectivity index (χ1) is 9.61. The predicted molar refractivity (Wildman–Crippen MR) is 80.9 cm³/mol. The summed E-state index contributed by atoms with van der Waals surface area (Å²) in [5, 5.41) is 3.54. The van der Waals surface area contributed by atoms with Gasteiger partial charge in [-0.1, -0.05) is 6.92 Å². The van der Waals surface area contributed by atoms with Crippen LogP contribution in [-0.2, 0) is 0 Å². The third kappa shape index (κ3) is 3.57. The number of rotatable bonds is 4. The van der Waals surface area contributed by atoms with E-state index in [1.165, 1.54) is 0 Å². The van der Waals surface area contributed by atoms with Crippen molar-refractivity contribution in [1.82, 2.24) is 15.2 Å². The lowest BCUT2D eigenvalue weighted by atomic mass is 10.0. The fourth-order valence-corrected chi connectivity index (χ4v) is 2.72. The van der Waals surface area contributed by atoms with E-state index >= 15 is 0 Å². The van der Waals surface area contributed by atoms with Crippen molar-refractivity contribution in [3.05, 3.63) is 29.1 Å². The molecule has 0 aromatic carbocycles. The lowest BCUT2D eigenvalue weighted by molar-refractivity contribution is 0.0704. The number of hydrogen-bond acceptors (Lipinski definition) is 3. The molecule has 1 saturated heterocycles. The molecule has 0 atom stereocenters. The highest BCUT2D eigenvalue weighted by molar-refractivity contribution is 5.95. The van der Waals surface area contributed by atoms with Crippen LogP contribution in [0.25, 0.3) is 0 Å². The predicted octanol–water partition coefficient (Wildman–Crippen LogP) is 2.30. The van der Waals surface area contributed by atoms with E-state index < -0.39 is 0 Å². The molecule has 0 bridgehead atoms. The van der Waals surface area contributed by atoms with Crippen molar-refractivity contribution in [3.63, 3.8) is 0 Å². The molecule has 0 aliphatic carbocycles. The Morgan fingerprint density at radius 2 is 2.05 bits per heavy atom. The van der Waals surface area contributed by atoms with Gasteiger partial charge < -0.3 is 10.2 Å². The molecule has 0 saturated carbocycles. The van der Waals surface area contributed by atoms with E-state index in [1.807, 2.05) is 30.9 Å². The molecule has 20 heavy (non-hydrogen) atoms. The zero-order chi connectivity index (χ0) is 14.5. The van der Waals surface area contributed by atoms with Gasteiger partial charge in [-0.05, 0) is 51.8 Å². The highest BCUT2D eigenvalue weighted by Gasteiger charge is 2.24. The fourth-order valence-electron chi connectivity index (χ4n) is 2.72. The van der Waals surface area contributed by atoms with Gasteiger partial charge in [-0.3, -0.25) is 9.78 Å². The molecule has 4 nitrogen and oxygen atoms in total. The number of piperidine rings is 1. The van der Waals surface area contributed by atoms with Gasteiger partial charge >= 0.3 is 0 Å². The fraction of sp³-hybridized carbons (Fsp3) is 0.625. The van der Waals surface area contributed by atoms with Crippen molar-refractivity contribution < 1.29 is 4.79 Å². The smallest absolute Gasteiger partial charge is 0.255 e. The second-order valence-corrected chi connectivity index (χ2v) is 5.61. The van der Waals surface area contributed by atoms with Crippen LogP contribution in [-0.4, -0.2) is 41.5 Å². The summed E-state index contributed by atoms with van der Waals surface area (Å²) in [6.45, 7) is 8.79. The number of amides is 1. The normalized spacial score (nSPS) is 16.4. The first-order valence-electron chi connectivity index (χ1n) is 7.58. The standard InChI is InChI=1S/C16H25N3O/c1-4-9-17-14-7-10-19(11-8-14)16(20)15-6-5-12(2)18-13(15)3/h5-6,14,17H,4,7-11H2,1-3H3. The molecule has 110 valence electrons. The Hall–Kier alpha value is -1.42. The van der Waals surface area contributed by atoms with Crippen LogP contribution in [0.15, 0.2) is 12.1 Å². The van der Waals surface area contributed by atoms with Gasteiger partial charge in [-0.25, -0.2) is 0 Å². The van der Waals surface area contributed by atoms with Crippen LogP contribution >= 0.6 is 0 Å². The van der Waals surface area contributed by atoms with Crippen LogP contribution < -0.4 is 5.32 Å². The molecular weight excluding hydrogens is 250 g/mol. The summed E-state index contributed by atoms with van der Waals surface area (Å²) < 4.78 is 0. The van der Waals surface area contributed by atoms with Gasteiger partial charge in [-0.15, -0.1) is 0 Å². The van der Waals surface area contributed by atoms with Crippen LogP contribution in [0.3, 0.4) is 0 Å². The zero-order valence-electron chi connectivity index (χ0n) is 12.8. The van der Waals surface area contributed by atoms with Gasteiger partial charge in [0, 0.05) is 24.8 Å². The second kappa shape index (κ2) is 6.84. The number of likely N-dealkylation sites (tertiary alicyclic amines) is 1. The molecule has 1 amide bonds. The lowest BCUT2D eigenvalue weighted by Gasteiger charge is -2.32. The summed E-state index contributed by atoms with van der Waals surface area (Å²) >= 11 is 0. The molecular formula is C16H25N3O. The van der Waals surface area contributed by atoms with E-state index in [1.54, 1.807) is 0 Å². The van der Waals surface area contributed by atoms with Gasteiger partial charge in [0.05, 0.1) is 11.3 Å². The number of aryl methyl sites for hydroxylation is 2. The van der Waals surface area contributed by atoms with E-state index in [0.717, 1.165) is 55.8 Å². The van der Waals surface area contributed by atoms with E-state index in [-0.39, 0.29) is 5.91 Å². The summed E-state index contributed by atoms with van der Waals surface area (Å²) in [6, 6.07) is 4.38. The molecule has 1 aromatic rings. The highest BCUT2D eigenvalue weighted by atomic mass is 16.2. The van der Waals surface area contributed by atoms with Crippen molar-refractivity contribution in [2.75, 3.05) is 19.6 Å². The van der Waals surface area contributed by atoms with Crippen molar-refractivity contribution in [1.29, 1.82) is 0 Å². The molecule has 2 heterocycles. The Morgan fingerprint density at radius 1 is 1.35 bits per heavy atom. The van der Waals surface area contributed by atoms with Crippen LogP contribution in [0, 0.1) is 13.8 Å². The van der Waals surface area contributed by atoms with Gasteiger partial charge in [-0.2, -0.15) is 0 Å². The molecule has 1 fully saturated rings. The average Bonchev–Trinajstić information content (AvgIpc) is 2.45. The minimum absolute atomic E-state index is 0.129. The Balaban J connectivity index is 1.94. The average molecular weight is 275 g/mol. The maximum Gasteiger partial charge on any atom is 0.255 e. The number of carbonyl (C=O) groups excluding carboxylic acids is 1. The first-order valence-corrected chi connectivity index (χ1v) is 7.58. The molecule has 0 radical (unpaired) electrons. The number of pyridine rings is 1. The molecule has 0 unspecified atom stereocenters. The van der Waals surface area contributed by atoms with Gasteiger partial charge in [0.15, 0.2) is 0 Å². The largest absolute Gasteiger partial charge is 0.338 e. The Labute approximate surface area is 121 Å². The van der Waals surface area contributed by atoms with Crippen molar-refractivity contribution >= 4 is 5.91 Å². The zero-order valence-corrected chi connectivity index (χ0v) is 12.8. The number of nitrogens with zero attached hydrogens (tertiary/aromatic N) is 2. The minimum Gasteiger partial charge on any atom is -0.338 e. The van der Waals surface area contributed by atoms with E-state index in [4.69, 9.17) is 0 Å². The minimum atomic E-state index is 0.129. The topological polar surface area (TPSA) is 45.2 Å². The Morgan fingerprint density at radius 3 is 2.65 bits per heavy atom. The maximum atomic E-state index is 12.5. The lowest BCUT2D eigenvalue weighted by Crippen LogP contribution is -2.45. The van der Waals surface area contributed by atoms with E-state index in [0.29, 0.717) is 6.04 Å². The van der Waals surface area contributed by atoms with Crippen molar-refractivity contribution in [2.45, 2.75) is 46.1 Å². The SMILES string of the molecule is CCCNC1CCN(C(=O)c2ccc(C)nc2C)CC1. The van der Waals surface area contributed by atoms with Crippen molar-refractivity contribution in [2.24, 2.45) is 0 Å². The van der Waals surface area contributed by atoms with Crippen LogP contribution in [0.1, 0.15) is 47.9 Å². The summed E-state index contributed by atoms with van der Waals surface area (Å²) in [6.07, 6.45) is 3.25. The van der Waals surface area contributed by atoms with Gasteiger partial charge in [0.2, 0.25) is 0 Å². The maximum absolute atomic E-state index is 12.5. The molecule has 2 rings (SSSR count). The molecule has 1 aromatic heterocycles. The van der Waals surface area contributed by atoms with Crippen LogP contribution in [0.2, 0.25) is 0 Å². The summed E-state index contributed by atoms with van der Waals surface area (Å²) in [4.78, 5) is 18.9. The number of carbonyl (C=O) groups is 1. The third-order valence-electron chi connectivity index (χ3n) is 3.92. The summed E-state index contributed by atoms with van der Waals surface area (Å²) in [7, 11) is 0. The molecule has 1 aliphatic heterocycles. The molecule has 1 aliphatic rings. The van der Waals surface area contributed by atoms with Gasteiger partial charge in [0.1, 0.15) is 0 Å². The van der Waals surface area contributed by atoms with Gasteiger partial charge in [0.25, 0.3) is 5.91 Å². The Bertz CT molecular complexity index is 465. The van der Waals surface area contributed by atoms with Crippen LogP contribution in [0.4, 0.5) is 0 Å². The monoisotopic (exact) mass is 275 g/mol. The third-order valence-corrected chi connectivity index (χ3v) is 3.92. The van der Waals surface area contributed by atoms with E-state index in [9.17, 15) is 4.79 Å². The summed E-state index contributed by atoms with van der Waals surface area (Å²) in [5.74, 6) is 0.129. The van der Waals surface area contributed by atoms with Crippen molar-refractivity contribution in [3.8, 4) is 0 Å². The Kier molecular flexibility index (Phi) is 5.12. The quantitative estimate of drug-likeness (QED) is 0.917. The van der Waals surface area contributed by atoms with Crippen LogP contribution in [0.5, 0.6) is 0 Å². The molecule has 4 heteroatoms. The highest BCUT2D eigenvalue weighted by Crippen LogP contribution is 2.16. The number of nitrogens with one attached hydrogen (secondary N) is 1. The number of aromatic nitrogens is 1. The summed E-state index contributed by atoms with van der Waals surface area (Å²) in [5.41, 5.74) is 2.54. The molecule has 1 N–H and O–H groups in total. The molecule has 0 spiro atoms. The number of hydrogen-bond donors (Lipinski definition) is 1. The van der Waals surface area contributed by atoms with E-state index in [2.05, 4.69) is 17.2 Å². The first kappa shape index (κ1) is 15.0.